The van der Waals surface area contributed by atoms with Crippen molar-refractivity contribution >= 4 is 0 Å². The average Bonchev–Trinajstić information content (AvgIpc) is 2.66. The van der Waals surface area contributed by atoms with Crippen molar-refractivity contribution in [2.45, 2.75) is 19.3 Å². The minimum atomic E-state index is 0.556. The Morgan fingerprint density at radius 3 is 2.71 bits per heavy atom. The molecule has 1 saturated heterocycles. The summed E-state index contributed by atoms with van der Waals surface area (Å²) in [6.45, 7) is 4.08. The number of benzene rings is 1. The second kappa shape index (κ2) is 8.47. The maximum absolute atomic E-state index is 8.90. The van der Waals surface area contributed by atoms with E-state index in [-0.39, 0.29) is 0 Å². The third kappa shape index (κ3) is 4.81. The van der Waals surface area contributed by atoms with Gasteiger partial charge in [-0.1, -0.05) is 30.3 Å². The van der Waals surface area contributed by atoms with Crippen LogP contribution in [0, 0.1) is 17.2 Å². The Morgan fingerprint density at radius 1 is 1.17 bits per heavy atom. The van der Waals surface area contributed by atoms with Crippen LogP contribution in [0.15, 0.2) is 48.7 Å². The first-order valence-corrected chi connectivity index (χ1v) is 8.59. The van der Waals surface area contributed by atoms with Crippen molar-refractivity contribution in [2.24, 2.45) is 5.92 Å². The SMILES string of the molecule is N#Cc1ccnc(OCC2CCN(CCc3ccccc3)CC2)c1. The van der Waals surface area contributed by atoms with Crippen molar-refractivity contribution in [3.8, 4) is 11.9 Å². The normalized spacial score (nSPS) is 15.8. The lowest BCUT2D eigenvalue weighted by Crippen LogP contribution is -2.36. The molecule has 0 amide bonds. The van der Waals surface area contributed by atoms with Crippen molar-refractivity contribution in [3.63, 3.8) is 0 Å². The lowest BCUT2D eigenvalue weighted by Gasteiger charge is -2.31. The summed E-state index contributed by atoms with van der Waals surface area (Å²) in [6.07, 6.45) is 5.06. The predicted octanol–water partition coefficient (Wildman–Crippen LogP) is 3.29. The van der Waals surface area contributed by atoms with Crippen LogP contribution in [-0.2, 0) is 6.42 Å². The lowest BCUT2D eigenvalue weighted by molar-refractivity contribution is 0.140. The molecule has 124 valence electrons. The monoisotopic (exact) mass is 321 g/mol. The van der Waals surface area contributed by atoms with Gasteiger partial charge >= 0.3 is 0 Å². The predicted molar refractivity (Wildman–Crippen MR) is 93.8 cm³/mol. The Balaban J connectivity index is 1.38. The summed E-state index contributed by atoms with van der Waals surface area (Å²) in [5, 5.41) is 8.90. The van der Waals surface area contributed by atoms with E-state index in [0.717, 1.165) is 38.9 Å². The van der Waals surface area contributed by atoms with Gasteiger partial charge in [-0.25, -0.2) is 4.98 Å². The van der Waals surface area contributed by atoms with E-state index in [1.807, 2.05) is 0 Å². The molecule has 1 aromatic heterocycles. The van der Waals surface area contributed by atoms with Crippen molar-refractivity contribution in [1.29, 1.82) is 5.26 Å². The molecule has 4 heteroatoms. The summed E-state index contributed by atoms with van der Waals surface area (Å²) < 4.78 is 5.77. The van der Waals surface area contributed by atoms with Gasteiger partial charge in [0.1, 0.15) is 0 Å². The van der Waals surface area contributed by atoms with Crippen LogP contribution in [0.25, 0.3) is 0 Å². The van der Waals surface area contributed by atoms with Crippen molar-refractivity contribution < 1.29 is 4.74 Å². The number of hydrogen-bond acceptors (Lipinski definition) is 4. The molecule has 2 aromatic rings. The topological polar surface area (TPSA) is 49.1 Å². The first-order valence-electron chi connectivity index (χ1n) is 8.59. The molecule has 0 atom stereocenters. The van der Waals surface area contributed by atoms with Gasteiger partial charge in [0.25, 0.3) is 0 Å². The van der Waals surface area contributed by atoms with Crippen molar-refractivity contribution in [2.75, 3.05) is 26.2 Å². The van der Waals surface area contributed by atoms with Crippen molar-refractivity contribution in [3.05, 3.63) is 59.8 Å². The van der Waals surface area contributed by atoms with E-state index >= 15 is 0 Å². The first-order chi connectivity index (χ1) is 11.8. The molecule has 0 radical (unpaired) electrons. The van der Waals surface area contributed by atoms with E-state index in [1.165, 1.54) is 5.56 Å². The van der Waals surface area contributed by atoms with Gasteiger partial charge in [-0.15, -0.1) is 0 Å². The number of aromatic nitrogens is 1. The maximum Gasteiger partial charge on any atom is 0.214 e. The molecule has 0 bridgehead atoms. The zero-order chi connectivity index (χ0) is 16.6. The standard InChI is InChI=1S/C20H23N3O/c21-15-19-6-10-22-20(14-19)24-16-18-8-12-23(13-9-18)11-7-17-4-2-1-3-5-17/h1-6,10,14,18H,7-9,11-13,16H2. The molecule has 1 aromatic carbocycles. The van der Waals surface area contributed by atoms with Crippen LogP contribution in [0.4, 0.5) is 0 Å². The summed E-state index contributed by atoms with van der Waals surface area (Å²) in [7, 11) is 0. The highest BCUT2D eigenvalue weighted by Gasteiger charge is 2.19. The highest BCUT2D eigenvalue weighted by molar-refractivity contribution is 5.31. The number of hydrogen-bond donors (Lipinski definition) is 0. The molecule has 1 fully saturated rings. The third-order valence-electron chi connectivity index (χ3n) is 4.60. The van der Waals surface area contributed by atoms with Crippen LogP contribution in [0.5, 0.6) is 5.88 Å². The van der Waals surface area contributed by atoms with E-state index < -0.39 is 0 Å². The van der Waals surface area contributed by atoms with Gasteiger partial charge in [0.2, 0.25) is 5.88 Å². The van der Waals surface area contributed by atoms with Crippen LogP contribution in [0.1, 0.15) is 24.0 Å². The Labute approximate surface area is 143 Å². The van der Waals surface area contributed by atoms with Gasteiger partial charge in [0, 0.05) is 18.8 Å². The average molecular weight is 321 g/mol. The van der Waals surface area contributed by atoms with Gasteiger partial charge < -0.3 is 9.64 Å². The fourth-order valence-corrected chi connectivity index (χ4v) is 3.07. The zero-order valence-electron chi connectivity index (χ0n) is 13.9. The van der Waals surface area contributed by atoms with Gasteiger partial charge in [-0.2, -0.15) is 5.26 Å². The second-order valence-electron chi connectivity index (χ2n) is 6.33. The van der Waals surface area contributed by atoms with Gasteiger partial charge in [-0.05, 0) is 49.9 Å². The quantitative estimate of drug-likeness (QED) is 0.819. The highest BCUT2D eigenvalue weighted by Crippen LogP contribution is 2.19. The molecule has 2 heterocycles. The van der Waals surface area contributed by atoms with E-state index in [4.69, 9.17) is 10.00 Å². The highest BCUT2D eigenvalue weighted by atomic mass is 16.5. The van der Waals surface area contributed by atoms with Gasteiger partial charge in [0.05, 0.1) is 18.2 Å². The number of pyridine rings is 1. The number of nitrogens with zero attached hydrogens (tertiary/aromatic N) is 3. The summed E-state index contributed by atoms with van der Waals surface area (Å²) in [5.41, 5.74) is 2.00. The summed E-state index contributed by atoms with van der Waals surface area (Å²) in [5.74, 6) is 1.13. The Morgan fingerprint density at radius 2 is 1.96 bits per heavy atom. The molecule has 4 nitrogen and oxygen atoms in total. The Bertz CT molecular complexity index is 673. The molecule has 0 N–H and O–H groups in total. The fourth-order valence-electron chi connectivity index (χ4n) is 3.07. The fraction of sp³-hybridized carbons (Fsp3) is 0.400. The summed E-state index contributed by atoms with van der Waals surface area (Å²) in [6, 6.07) is 16.2. The molecular weight excluding hydrogens is 298 g/mol. The van der Waals surface area contributed by atoms with Crippen LogP contribution in [-0.4, -0.2) is 36.1 Å². The molecule has 0 spiro atoms. The molecule has 1 aliphatic rings. The molecule has 24 heavy (non-hydrogen) atoms. The van der Waals surface area contributed by atoms with Crippen LogP contribution >= 0.6 is 0 Å². The Hall–Kier alpha value is -2.38. The van der Waals surface area contributed by atoms with Crippen LogP contribution in [0.2, 0.25) is 0 Å². The molecule has 1 aliphatic heterocycles. The largest absolute Gasteiger partial charge is 0.477 e. The summed E-state index contributed by atoms with van der Waals surface area (Å²) in [4.78, 5) is 6.71. The Kier molecular flexibility index (Phi) is 5.81. The number of ether oxygens (including phenoxy) is 1. The third-order valence-corrected chi connectivity index (χ3v) is 4.60. The number of rotatable bonds is 6. The molecule has 3 rings (SSSR count). The van der Waals surface area contributed by atoms with Crippen LogP contribution in [0.3, 0.4) is 0 Å². The zero-order valence-corrected chi connectivity index (χ0v) is 13.9. The van der Waals surface area contributed by atoms with E-state index in [0.29, 0.717) is 24.0 Å². The first kappa shape index (κ1) is 16.5. The summed E-state index contributed by atoms with van der Waals surface area (Å²) >= 11 is 0. The van der Waals surface area contributed by atoms with Gasteiger partial charge in [-0.3, -0.25) is 0 Å². The molecule has 0 unspecified atom stereocenters. The molecule has 0 aliphatic carbocycles. The maximum atomic E-state index is 8.90. The lowest BCUT2D eigenvalue weighted by atomic mass is 9.97. The minimum Gasteiger partial charge on any atom is -0.477 e. The smallest absolute Gasteiger partial charge is 0.214 e. The molecular formula is C20H23N3O. The number of likely N-dealkylation sites (tertiary alicyclic amines) is 1. The van der Waals surface area contributed by atoms with Crippen molar-refractivity contribution in [1.82, 2.24) is 9.88 Å². The molecule has 0 saturated carbocycles. The van der Waals surface area contributed by atoms with Crippen LogP contribution < -0.4 is 4.74 Å². The van der Waals surface area contributed by atoms with E-state index in [1.54, 1.807) is 18.3 Å². The number of nitriles is 1. The van der Waals surface area contributed by atoms with E-state index in [2.05, 4.69) is 46.3 Å². The second-order valence-corrected chi connectivity index (χ2v) is 6.33. The van der Waals surface area contributed by atoms with E-state index in [9.17, 15) is 0 Å². The van der Waals surface area contributed by atoms with Gasteiger partial charge in [0.15, 0.2) is 0 Å². The number of piperidine rings is 1. The minimum absolute atomic E-state index is 0.556.